The maximum Gasteiger partial charge on any atom is 0.343 e. The largest absolute Gasteiger partial charge is 0.456 e. The second kappa shape index (κ2) is 12.6. The molecule has 5 heteroatoms. The van der Waals surface area contributed by atoms with Gasteiger partial charge in [0.2, 0.25) is 0 Å². The maximum atomic E-state index is 7.03. The monoisotopic (exact) mass is 856 g/mol. The highest BCUT2D eigenvalue weighted by Gasteiger charge is 2.48. The first-order valence-electron chi connectivity index (χ1n) is 23.4. The summed E-state index contributed by atoms with van der Waals surface area (Å²) in [6, 6.07) is 55.4. The van der Waals surface area contributed by atoms with Gasteiger partial charge in [0.1, 0.15) is 11.2 Å². The minimum Gasteiger partial charge on any atom is -0.456 e. The number of rotatable bonds is 2. The van der Waals surface area contributed by atoms with Gasteiger partial charge < -0.3 is 13.8 Å². The Bertz CT molecular complexity index is 3890. The second-order valence-electron chi connectivity index (χ2n) is 21.5. The zero-order valence-corrected chi connectivity index (χ0v) is 38.9. The summed E-state index contributed by atoms with van der Waals surface area (Å²) in [7, 11) is 0. The van der Waals surface area contributed by atoms with Crippen molar-refractivity contribution in [1.82, 2.24) is 4.48 Å². The van der Waals surface area contributed by atoms with Crippen LogP contribution in [0.5, 0.6) is 0 Å². The summed E-state index contributed by atoms with van der Waals surface area (Å²) in [5.41, 5.74) is 18.8. The van der Waals surface area contributed by atoms with Crippen molar-refractivity contribution in [2.45, 2.75) is 77.6 Å². The van der Waals surface area contributed by atoms with Gasteiger partial charge in [0.15, 0.2) is 0 Å². The lowest BCUT2D eigenvalue weighted by atomic mass is 9.48. The molecule has 0 fully saturated rings. The molecule has 2 aliphatic heterocycles. The summed E-state index contributed by atoms with van der Waals surface area (Å²) < 4.78 is 12.5. The predicted octanol–water partition coefficient (Wildman–Crippen LogP) is 15.8. The fourth-order valence-electron chi connectivity index (χ4n) is 12.2. The van der Waals surface area contributed by atoms with Gasteiger partial charge >= 0.3 is 6.85 Å². The molecule has 0 saturated heterocycles. The SMILES string of the molecule is CC(C)(C)c1ccc(N2c3c(sc4cc5c(cc34)C(C)(C)CCC5(C)C)B3c4c(cc5oc6ccccc6c5c42)-c2cccc4c5cc6ccccc6cc5n3c24)c(-c2ccccc2)c1. The lowest BCUT2D eigenvalue weighted by Gasteiger charge is -2.42. The number of thiophene rings is 1. The van der Waals surface area contributed by atoms with Crippen molar-refractivity contribution in [2.75, 3.05) is 4.90 Å². The van der Waals surface area contributed by atoms with Crippen LogP contribution in [-0.4, -0.2) is 11.3 Å². The van der Waals surface area contributed by atoms with E-state index in [0.717, 1.165) is 23.0 Å². The third kappa shape index (κ3) is 5.03. The molecule has 314 valence electrons. The van der Waals surface area contributed by atoms with Crippen LogP contribution in [0.2, 0.25) is 0 Å². The normalized spacial score (nSPS) is 16.0. The molecular formula is C60H49BN2OS. The number of nitrogens with zero attached hydrogens (tertiary/aromatic N) is 2. The van der Waals surface area contributed by atoms with E-state index >= 15 is 0 Å². The van der Waals surface area contributed by atoms with Gasteiger partial charge in [-0.3, -0.25) is 0 Å². The molecule has 0 atom stereocenters. The average Bonchev–Trinajstić information content (AvgIpc) is 3.97. The molecule has 1 aliphatic carbocycles. The third-order valence-electron chi connectivity index (χ3n) is 15.7. The van der Waals surface area contributed by atoms with Gasteiger partial charge in [0.05, 0.1) is 22.4 Å². The first kappa shape index (κ1) is 37.8. The topological polar surface area (TPSA) is 21.3 Å². The van der Waals surface area contributed by atoms with Crippen molar-refractivity contribution in [2.24, 2.45) is 0 Å². The van der Waals surface area contributed by atoms with E-state index in [0.29, 0.717) is 0 Å². The number of fused-ring (bicyclic) bond motifs is 15. The number of benzene rings is 8. The van der Waals surface area contributed by atoms with E-state index in [1.54, 1.807) is 0 Å². The minimum atomic E-state index is -0.0788. The number of hydrogen-bond acceptors (Lipinski definition) is 3. The zero-order chi connectivity index (χ0) is 43.9. The van der Waals surface area contributed by atoms with Gasteiger partial charge in [-0.1, -0.05) is 146 Å². The van der Waals surface area contributed by atoms with E-state index in [-0.39, 0.29) is 23.1 Å². The number of furan rings is 1. The van der Waals surface area contributed by atoms with E-state index in [4.69, 9.17) is 4.42 Å². The molecule has 0 unspecified atom stereocenters. The molecule has 0 amide bonds. The molecule has 5 heterocycles. The average molecular weight is 857 g/mol. The Morgan fingerprint density at radius 2 is 1.29 bits per heavy atom. The maximum absolute atomic E-state index is 7.03. The van der Waals surface area contributed by atoms with Gasteiger partial charge in [0, 0.05) is 53.2 Å². The molecule has 3 aromatic heterocycles. The van der Waals surface area contributed by atoms with Crippen molar-refractivity contribution in [3.8, 4) is 22.3 Å². The van der Waals surface area contributed by atoms with Crippen LogP contribution in [0, 0.1) is 0 Å². The molecule has 0 radical (unpaired) electrons. The molecule has 3 nitrogen and oxygen atoms in total. The Balaban J connectivity index is 1.22. The van der Waals surface area contributed by atoms with Crippen molar-refractivity contribution < 1.29 is 4.42 Å². The predicted molar refractivity (Wildman–Crippen MR) is 280 cm³/mol. The van der Waals surface area contributed by atoms with Crippen LogP contribution in [0.3, 0.4) is 0 Å². The van der Waals surface area contributed by atoms with Crippen LogP contribution in [0.4, 0.5) is 17.1 Å². The molecule has 0 saturated carbocycles. The first-order valence-corrected chi connectivity index (χ1v) is 24.2. The van der Waals surface area contributed by atoms with E-state index in [1.165, 1.54) is 121 Å². The molecule has 0 spiro atoms. The highest BCUT2D eigenvalue weighted by Crippen LogP contribution is 2.56. The standard InChI is InChI=1S/C60H49BN2OS/c1-58(2,3)37-24-25-47(41(30-37)34-16-9-8-10-17-34)62-55-44-31-45-46(60(6,7)27-26-59(45,4)5)33-51(44)65-57(55)61-53-43(32-50-52(56(53)62)40-20-13-14-23-49(40)64-50)39-22-15-21-38-42-28-35-18-11-12-19-36(35)29-48(42)63(61)54(38)39/h8-25,28-33H,26-27H2,1-7H3. The van der Waals surface area contributed by atoms with E-state index < -0.39 is 0 Å². The molecule has 0 bridgehead atoms. The molecular weight excluding hydrogens is 808 g/mol. The Kier molecular flexibility index (Phi) is 7.33. The molecule has 65 heavy (non-hydrogen) atoms. The summed E-state index contributed by atoms with van der Waals surface area (Å²) in [6.07, 6.45) is 2.34. The lowest BCUT2D eigenvalue weighted by Crippen LogP contribution is -2.55. The van der Waals surface area contributed by atoms with E-state index in [2.05, 4.69) is 203 Å². The summed E-state index contributed by atoms with van der Waals surface area (Å²) in [5.74, 6) is 0. The van der Waals surface area contributed by atoms with Crippen LogP contribution < -0.4 is 15.1 Å². The second-order valence-corrected chi connectivity index (χ2v) is 22.6. The van der Waals surface area contributed by atoms with E-state index in [9.17, 15) is 0 Å². The molecule has 14 rings (SSSR count). The highest BCUT2D eigenvalue weighted by atomic mass is 32.1. The van der Waals surface area contributed by atoms with Crippen LogP contribution in [0.25, 0.3) is 86.9 Å². The molecule has 0 N–H and O–H groups in total. The molecule has 3 aliphatic rings. The van der Waals surface area contributed by atoms with Gasteiger partial charge in [-0.05, 0) is 122 Å². The van der Waals surface area contributed by atoms with Gasteiger partial charge in [0.25, 0.3) is 0 Å². The van der Waals surface area contributed by atoms with Gasteiger partial charge in [-0.2, -0.15) is 0 Å². The van der Waals surface area contributed by atoms with E-state index in [1.807, 2.05) is 11.3 Å². The number of para-hydroxylation sites is 2. The van der Waals surface area contributed by atoms with Crippen molar-refractivity contribution in [3.05, 3.63) is 162 Å². The quantitative estimate of drug-likeness (QED) is 0.162. The fourth-order valence-corrected chi connectivity index (χ4v) is 13.6. The minimum absolute atomic E-state index is 0.0403. The van der Waals surface area contributed by atoms with Crippen LogP contribution >= 0.6 is 11.3 Å². The number of anilines is 3. The summed E-state index contributed by atoms with van der Waals surface area (Å²) in [5, 5.41) is 8.79. The fraction of sp³-hybridized carbons (Fsp3) is 0.200. The summed E-state index contributed by atoms with van der Waals surface area (Å²) >= 11 is 2.02. The number of aromatic nitrogens is 1. The summed E-state index contributed by atoms with van der Waals surface area (Å²) in [4.78, 5) is 2.71. The number of hydrogen-bond donors (Lipinski definition) is 0. The Labute approximate surface area is 384 Å². The highest BCUT2D eigenvalue weighted by molar-refractivity contribution is 7.32. The van der Waals surface area contributed by atoms with Gasteiger partial charge in [-0.25, -0.2) is 0 Å². The first-order chi connectivity index (χ1) is 31.4. The van der Waals surface area contributed by atoms with Crippen molar-refractivity contribution in [3.63, 3.8) is 0 Å². The van der Waals surface area contributed by atoms with Crippen LogP contribution in [-0.2, 0) is 16.2 Å². The molecule has 11 aromatic rings. The Morgan fingerprint density at radius 3 is 2.08 bits per heavy atom. The Hall–Kier alpha value is -6.56. The molecule has 8 aromatic carbocycles. The van der Waals surface area contributed by atoms with Crippen molar-refractivity contribution >= 4 is 110 Å². The van der Waals surface area contributed by atoms with Crippen LogP contribution in [0.15, 0.2) is 150 Å². The smallest absolute Gasteiger partial charge is 0.343 e. The Morgan fingerprint density at radius 1 is 0.585 bits per heavy atom. The zero-order valence-electron chi connectivity index (χ0n) is 38.1. The lowest BCUT2D eigenvalue weighted by molar-refractivity contribution is 0.332. The van der Waals surface area contributed by atoms with Gasteiger partial charge in [-0.15, -0.1) is 11.3 Å². The van der Waals surface area contributed by atoms with Crippen molar-refractivity contribution in [1.29, 1.82) is 0 Å². The van der Waals surface area contributed by atoms with Crippen LogP contribution in [0.1, 0.15) is 78.0 Å². The summed E-state index contributed by atoms with van der Waals surface area (Å²) in [6.45, 7) is 16.8. The third-order valence-corrected chi connectivity index (χ3v) is 16.9.